The zero-order chi connectivity index (χ0) is 13.9. The van der Waals surface area contributed by atoms with Gasteiger partial charge in [-0.25, -0.2) is 9.37 Å². The van der Waals surface area contributed by atoms with Crippen LogP contribution < -0.4 is 5.32 Å². The normalized spacial score (nSPS) is 10.7. The van der Waals surface area contributed by atoms with E-state index in [0.29, 0.717) is 12.1 Å². The first-order valence-electron chi connectivity index (χ1n) is 6.18. The third-order valence-electron chi connectivity index (χ3n) is 2.99. The molecule has 4 nitrogen and oxygen atoms in total. The summed E-state index contributed by atoms with van der Waals surface area (Å²) in [6, 6.07) is 9.65. The number of nitrogens with one attached hydrogen (secondary N) is 1. The van der Waals surface area contributed by atoms with Gasteiger partial charge in [0.05, 0.1) is 5.56 Å². The van der Waals surface area contributed by atoms with Crippen molar-refractivity contribution in [1.82, 2.24) is 14.7 Å². The Kier molecular flexibility index (Phi) is 3.16. The molecule has 0 radical (unpaired) electrons. The quantitative estimate of drug-likeness (QED) is 0.793. The van der Waals surface area contributed by atoms with Crippen molar-refractivity contribution in [3.05, 3.63) is 71.9 Å². The molecule has 0 fully saturated rings. The monoisotopic (exact) mass is 269 g/mol. The molecule has 2 aromatic heterocycles. The van der Waals surface area contributed by atoms with Gasteiger partial charge >= 0.3 is 0 Å². The van der Waals surface area contributed by atoms with Gasteiger partial charge in [-0.15, -0.1) is 0 Å². The molecule has 100 valence electrons. The smallest absolute Gasteiger partial charge is 0.253 e. The molecule has 3 rings (SSSR count). The van der Waals surface area contributed by atoms with Crippen LogP contribution >= 0.6 is 0 Å². The van der Waals surface area contributed by atoms with Crippen LogP contribution in [0.2, 0.25) is 0 Å². The van der Waals surface area contributed by atoms with Crippen LogP contribution in [0.3, 0.4) is 0 Å². The van der Waals surface area contributed by atoms with E-state index in [1.54, 1.807) is 47.3 Å². The Morgan fingerprint density at radius 3 is 3.05 bits per heavy atom. The van der Waals surface area contributed by atoms with E-state index in [0.717, 1.165) is 11.2 Å². The van der Waals surface area contributed by atoms with E-state index in [1.165, 1.54) is 12.1 Å². The number of benzene rings is 1. The van der Waals surface area contributed by atoms with Crippen molar-refractivity contribution in [2.75, 3.05) is 0 Å². The SMILES string of the molecule is O=C(NCc1cccc(F)c1)c1ccc2nccn2c1. The minimum atomic E-state index is -0.309. The van der Waals surface area contributed by atoms with E-state index in [9.17, 15) is 9.18 Å². The van der Waals surface area contributed by atoms with Crippen molar-refractivity contribution >= 4 is 11.6 Å². The number of rotatable bonds is 3. The van der Waals surface area contributed by atoms with Crippen LogP contribution in [-0.4, -0.2) is 15.3 Å². The molecule has 0 saturated heterocycles. The number of nitrogens with zero attached hydrogens (tertiary/aromatic N) is 2. The lowest BCUT2D eigenvalue weighted by atomic mass is 10.2. The molecule has 0 saturated carbocycles. The van der Waals surface area contributed by atoms with E-state index in [2.05, 4.69) is 10.3 Å². The molecule has 0 aliphatic carbocycles. The number of halogens is 1. The molecule has 0 atom stereocenters. The molecule has 5 heteroatoms. The van der Waals surface area contributed by atoms with Gasteiger partial charge in [-0.2, -0.15) is 0 Å². The predicted molar refractivity (Wildman–Crippen MR) is 72.8 cm³/mol. The van der Waals surface area contributed by atoms with Crippen LogP contribution in [-0.2, 0) is 6.54 Å². The Morgan fingerprint density at radius 2 is 2.20 bits per heavy atom. The molecule has 0 aliphatic heterocycles. The summed E-state index contributed by atoms with van der Waals surface area (Å²) < 4.78 is 14.8. The standard InChI is InChI=1S/C15H12FN3O/c16-13-3-1-2-11(8-13)9-18-15(20)12-4-5-14-17-6-7-19(14)10-12/h1-8,10H,9H2,(H,18,20). The number of aromatic nitrogens is 2. The highest BCUT2D eigenvalue weighted by atomic mass is 19.1. The zero-order valence-electron chi connectivity index (χ0n) is 10.6. The second-order valence-corrected chi connectivity index (χ2v) is 4.42. The van der Waals surface area contributed by atoms with Crippen molar-refractivity contribution < 1.29 is 9.18 Å². The van der Waals surface area contributed by atoms with Gasteiger partial charge in [0.1, 0.15) is 11.5 Å². The summed E-state index contributed by atoms with van der Waals surface area (Å²) in [7, 11) is 0. The maximum atomic E-state index is 13.0. The van der Waals surface area contributed by atoms with Crippen molar-refractivity contribution in [3.8, 4) is 0 Å². The van der Waals surface area contributed by atoms with Crippen molar-refractivity contribution in [2.45, 2.75) is 6.54 Å². The first-order valence-corrected chi connectivity index (χ1v) is 6.18. The Bertz CT molecular complexity index is 766. The molecule has 1 amide bonds. The summed E-state index contributed by atoms with van der Waals surface area (Å²) in [5, 5.41) is 2.76. The lowest BCUT2D eigenvalue weighted by Gasteiger charge is -2.06. The van der Waals surface area contributed by atoms with Crippen LogP contribution in [0.5, 0.6) is 0 Å². The largest absolute Gasteiger partial charge is 0.348 e. The molecule has 1 aromatic carbocycles. The van der Waals surface area contributed by atoms with E-state index in [-0.39, 0.29) is 11.7 Å². The van der Waals surface area contributed by atoms with Crippen molar-refractivity contribution in [1.29, 1.82) is 0 Å². The minimum absolute atomic E-state index is 0.204. The van der Waals surface area contributed by atoms with Crippen molar-refractivity contribution in [2.24, 2.45) is 0 Å². The number of carbonyl (C=O) groups is 1. The second kappa shape index (κ2) is 5.13. The van der Waals surface area contributed by atoms with Crippen LogP contribution in [0.15, 0.2) is 55.0 Å². The maximum absolute atomic E-state index is 13.0. The van der Waals surface area contributed by atoms with Crippen LogP contribution in [0, 0.1) is 5.82 Å². The van der Waals surface area contributed by atoms with Gasteiger partial charge in [0.15, 0.2) is 0 Å². The molecule has 0 spiro atoms. The lowest BCUT2D eigenvalue weighted by molar-refractivity contribution is 0.0950. The van der Waals surface area contributed by atoms with E-state index in [4.69, 9.17) is 0 Å². The number of carbonyl (C=O) groups excluding carboxylic acids is 1. The Balaban J connectivity index is 1.72. The average Bonchev–Trinajstić information content (AvgIpc) is 2.92. The summed E-state index contributed by atoms with van der Waals surface area (Å²) in [4.78, 5) is 16.1. The maximum Gasteiger partial charge on any atom is 0.253 e. The third kappa shape index (κ3) is 2.51. The molecule has 0 aliphatic rings. The summed E-state index contributed by atoms with van der Waals surface area (Å²) >= 11 is 0. The number of amides is 1. The zero-order valence-corrected chi connectivity index (χ0v) is 10.6. The van der Waals surface area contributed by atoms with Gasteiger partial charge in [-0.3, -0.25) is 4.79 Å². The summed E-state index contributed by atoms with van der Waals surface area (Å²) in [6.07, 6.45) is 5.16. The third-order valence-corrected chi connectivity index (χ3v) is 2.99. The Hall–Kier alpha value is -2.69. The van der Waals surface area contributed by atoms with Crippen LogP contribution in [0.1, 0.15) is 15.9 Å². The van der Waals surface area contributed by atoms with Gasteiger partial charge in [-0.1, -0.05) is 12.1 Å². The minimum Gasteiger partial charge on any atom is -0.348 e. The van der Waals surface area contributed by atoms with E-state index < -0.39 is 0 Å². The Morgan fingerprint density at radius 1 is 1.30 bits per heavy atom. The number of hydrogen-bond donors (Lipinski definition) is 1. The summed E-state index contributed by atoms with van der Waals surface area (Å²) in [5.41, 5.74) is 2.04. The lowest BCUT2D eigenvalue weighted by Crippen LogP contribution is -2.23. The molecule has 20 heavy (non-hydrogen) atoms. The second-order valence-electron chi connectivity index (χ2n) is 4.42. The fourth-order valence-corrected chi connectivity index (χ4v) is 1.99. The first kappa shape index (κ1) is 12.3. The molecular weight excluding hydrogens is 257 g/mol. The highest BCUT2D eigenvalue weighted by Crippen LogP contribution is 2.06. The van der Waals surface area contributed by atoms with Crippen LogP contribution in [0.4, 0.5) is 4.39 Å². The first-order chi connectivity index (χ1) is 9.72. The molecule has 0 bridgehead atoms. The number of fused-ring (bicyclic) bond motifs is 1. The number of hydrogen-bond acceptors (Lipinski definition) is 2. The fourth-order valence-electron chi connectivity index (χ4n) is 1.99. The highest BCUT2D eigenvalue weighted by Gasteiger charge is 2.06. The number of pyridine rings is 1. The van der Waals surface area contributed by atoms with Gasteiger partial charge in [0.25, 0.3) is 5.91 Å². The molecule has 2 heterocycles. The summed E-state index contributed by atoms with van der Waals surface area (Å²) in [5.74, 6) is -0.513. The average molecular weight is 269 g/mol. The van der Waals surface area contributed by atoms with Gasteiger partial charge in [0.2, 0.25) is 0 Å². The molecule has 0 unspecified atom stereocenters. The Labute approximate surface area is 114 Å². The fraction of sp³-hybridized carbons (Fsp3) is 0.0667. The molecular formula is C15H12FN3O. The molecule has 3 aromatic rings. The summed E-state index contributed by atoms with van der Waals surface area (Å²) in [6.45, 7) is 0.290. The number of imidazole rings is 1. The van der Waals surface area contributed by atoms with Crippen molar-refractivity contribution in [3.63, 3.8) is 0 Å². The highest BCUT2D eigenvalue weighted by molar-refractivity contribution is 5.94. The van der Waals surface area contributed by atoms with Gasteiger partial charge in [-0.05, 0) is 29.8 Å². The van der Waals surface area contributed by atoms with Gasteiger partial charge in [0, 0.05) is 25.1 Å². The van der Waals surface area contributed by atoms with Crippen LogP contribution in [0.25, 0.3) is 5.65 Å². The topological polar surface area (TPSA) is 46.4 Å². The van der Waals surface area contributed by atoms with E-state index in [1.807, 2.05) is 0 Å². The van der Waals surface area contributed by atoms with Gasteiger partial charge < -0.3 is 9.72 Å². The predicted octanol–water partition coefficient (Wildman–Crippen LogP) is 2.40. The van der Waals surface area contributed by atoms with E-state index >= 15 is 0 Å². The molecule has 1 N–H and O–H groups in total.